The third-order valence-corrected chi connectivity index (χ3v) is 2.34. The van der Waals surface area contributed by atoms with Crippen LogP contribution in [0.3, 0.4) is 0 Å². The molecule has 0 radical (unpaired) electrons. The first kappa shape index (κ1) is 9.91. The van der Waals surface area contributed by atoms with Gasteiger partial charge in [-0.05, 0) is 6.92 Å². The molecule has 1 saturated heterocycles. The zero-order valence-corrected chi connectivity index (χ0v) is 8.56. The average molecular weight is 212 g/mol. The number of nitro groups is 1. The van der Waals surface area contributed by atoms with Gasteiger partial charge in [-0.25, -0.2) is 4.68 Å². The molecule has 1 aliphatic heterocycles. The predicted octanol–water partition coefficient (Wildman–Crippen LogP) is -0.0127. The second-order valence-electron chi connectivity index (χ2n) is 3.52. The first-order chi connectivity index (χ1) is 7.09. The molecule has 2 rings (SSSR count). The lowest BCUT2D eigenvalue weighted by atomic mass is 10.2. The van der Waals surface area contributed by atoms with Crippen LogP contribution in [0.1, 0.15) is 5.69 Å². The second kappa shape index (κ2) is 3.50. The van der Waals surface area contributed by atoms with Gasteiger partial charge in [0.1, 0.15) is 11.8 Å². The first-order valence-corrected chi connectivity index (χ1v) is 4.65. The standard InChI is InChI=1S/C8H12N4O3/c1-5-7(12(13)14)8(11(2)10-5)15-6-3-9-4-6/h6,9H,3-4H2,1-2H3. The van der Waals surface area contributed by atoms with Crippen molar-refractivity contribution in [2.75, 3.05) is 13.1 Å². The Morgan fingerprint density at radius 1 is 1.67 bits per heavy atom. The third kappa shape index (κ3) is 1.65. The maximum atomic E-state index is 10.8. The number of nitrogens with zero attached hydrogens (tertiary/aromatic N) is 3. The van der Waals surface area contributed by atoms with Crippen molar-refractivity contribution in [3.63, 3.8) is 0 Å². The van der Waals surface area contributed by atoms with Crippen LogP contribution in [-0.4, -0.2) is 33.9 Å². The highest BCUT2D eigenvalue weighted by Gasteiger charge is 2.29. The Labute approximate surface area is 86.2 Å². The SMILES string of the molecule is Cc1nn(C)c(OC2CNC2)c1[N+](=O)[O-]. The van der Waals surface area contributed by atoms with E-state index >= 15 is 0 Å². The summed E-state index contributed by atoms with van der Waals surface area (Å²) in [5.74, 6) is 0.240. The van der Waals surface area contributed by atoms with E-state index in [1.807, 2.05) is 0 Å². The normalized spacial score (nSPS) is 16.1. The molecule has 0 saturated carbocycles. The molecule has 1 aromatic rings. The van der Waals surface area contributed by atoms with E-state index in [1.54, 1.807) is 14.0 Å². The lowest BCUT2D eigenvalue weighted by molar-refractivity contribution is -0.386. The zero-order valence-electron chi connectivity index (χ0n) is 8.56. The molecule has 0 unspecified atom stereocenters. The largest absolute Gasteiger partial charge is 0.467 e. The minimum absolute atomic E-state index is 0.0125. The van der Waals surface area contributed by atoms with E-state index in [0.717, 1.165) is 13.1 Å². The molecule has 82 valence electrons. The van der Waals surface area contributed by atoms with Crippen molar-refractivity contribution in [1.29, 1.82) is 0 Å². The van der Waals surface area contributed by atoms with Gasteiger partial charge in [0, 0.05) is 20.1 Å². The molecule has 0 aromatic carbocycles. The van der Waals surface area contributed by atoms with Crippen LogP contribution in [-0.2, 0) is 7.05 Å². The smallest absolute Gasteiger partial charge is 0.353 e. The van der Waals surface area contributed by atoms with Gasteiger partial charge >= 0.3 is 5.69 Å². The molecular formula is C8H12N4O3. The van der Waals surface area contributed by atoms with Gasteiger partial charge in [-0.2, -0.15) is 5.10 Å². The highest BCUT2D eigenvalue weighted by atomic mass is 16.6. The zero-order chi connectivity index (χ0) is 11.0. The van der Waals surface area contributed by atoms with E-state index < -0.39 is 4.92 Å². The highest BCUT2D eigenvalue weighted by molar-refractivity contribution is 5.45. The van der Waals surface area contributed by atoms with Crippen molar-refractivity contribution < 1.29 is 9.66 Å². The summed E-state index contributed by atoms with van der Waals surface area (Å²) in [4.78, 5) is 10.3. The maximum absolute atomic E-state index is 10.8. The summed E-state index contributed by atoms with van der Waals surface area (Å²) in [6.07, 6.45) is 0.0125. The van der Waals surface area contributed by atoms with Gasteiger partial charge in [-0.1, -0.05) is 0 Å². The molecule has 0 spiro atoms. The summed E-state index contributed by atoms with van der Waals surface area (Å²) < 4.78 is 6.90. The van der Waals surface area contributed by atoms with Crippen molar-refractivity contribution in [3.05, 3.63) is 15.8 Å². The fourth-order valence-electron chi connectivity index (χ4n) is 1.47. The van der Waals surface area contributed by atoms with Gasteiger partial charge < -0.3 is 10.1 Å². The number of hydrogen-bond acceptors (Lipinski definition) is 5. The predicted molar refractivity (Wildman–Crippen MR) is 51.9 cm³/mol. The van der Waals surface area contributed by atoms with E-state index in [4.69, 9.17) is 4.74 Å². The summed E-state index contributed by atoms with van der Waals surface area (Å²) in [5.41, 5.74) is 0.342. The Bertz CT molecular complexity index is 397. The van der Waals surface area contributed by atoms with Crippen LogP contribution >= 0.6 is 0 Å². The summed E-state index contributed by atoms with van der Waals surface area (Å²) in [7, 11) is 1.64. The highest BCUT2D eigenvalue weighted by Crippen LogP contribution is 2.30. The van der Waals surface area contributed by atoms with Crippen molar-refractivity contribution in [2.24, 2.45) is 7.05 Å². The van der Waals surface area contributed by atoms with Crippen molar-refractivity contribution in [3.8, 4) is 5.88 Å². The van der Waals surface area contributed by atoms with E-state index in [0.29, 0.717) is 5.69 Å². The number of nitrogens with one attached hydrogen (secondary N) is 1. The minimum atomic E-state index is -0.455. The Morgan fingerprint density at radius 2 is 2.33 bits per heavy atom. The van der Waals surface area contributed by atoms with Gasteiger partial charge in [0.15, 0.2) is 0 Å². The van der Waals surface area contributed by atoms with Crippen LogP contribution in [0.2, 0.25) is 0 Å². The molecule has 7 heteroatoms. The molecule has 1 fully saturated rings. The van der Waals surface area contributed by atoms with E-state index in [9.17, 15) is 10.1 Å². The summed E-state index contributed by atoms with van der Waals surface area (Å²) in [6.45, 7) is 3.05. The first-order valence-electron chi connectivity index (χ1n) is 4.65. The van der Waals surface area contributed by atoms with Crippen LogP contribution in [0.25, 0.3) is 0 Å². The molecule has 2 heterocycles. The summed E-state index contributed by atoms with van der Waals surface area (Å²) >= 11 is 0. The minimum Gasteiger partial charge on any atom is -0.467 e. The Balaban J connectivity index is 2.30. The van der Waals surface area contributed by atoms with Gasteiger partial charge in [0.05, 0.1) is 4.92 Å². The third-order valence-electron chi connectivity index (χ3n) is 2.34. The molecule has 1 N–H and O–H groups in total. The number of ether oxygens (including phenoxy) is 1. The van der Waals surface area contributed by atoms with Crippen LogP contribution in [0, 0.1) is 17.0 Å². The topological polar surface area (TPSA) is 82.2 Å². The molecule has 1 aliphatic rings. The number of aryl methyl sites for hydroxylation is 2. The Kier molecular flexibility index (Phi) is 2.31. The second-order valence-corrected chi connectivity index (χ2v) is 3.52. The Morgan fingerprint density at radius 3 is 2.80 bits per heavy atom. The van der Waals surface area contributed by atoms with E-state index in [2.05, 4.69) is 10.4 Å². The molecule has 0 bridgehead atoms. The number of hydrogen-bond donors (Lipinski definition) is 1. The fraction of sp³-hybridized carbons (Fsp3) is 0.625. The molecule has 15 heavy (non-hydrogen) atoms. The quantitative estimate of drug-likeness (QED) is 0.562. The molecule has 1 aromatic heterocycles. The lowest BCUT2D eigenvalue weighted by Crippen LogP contribution is -2.50. The van der Waals surface area contributed by atoms with Gasteiger partial charge in [-0.3, -0.25) is 10.1 Å². The summed E-state index contributed by atoms with van der Waals surface area (Å²) in [6, 6.07) is 0. The van der Waals surface area contributed by atoms with Crippen LogP contribution < -0.4 is 10.1 Å². The number of aromatic nitrogens is 2. The average Bonchev–Trinajstić information content (AvgIpc) is 2.33. The van der Waals surface area contributed by atoms with Gasteiger partial charge in [0.2, 0.25) is 0 Å². The van der Waals surface area contributed by atoms with E-state index in [-0.39, 0.29) is 17.7 Å². The van der Waals surface area contributed by atoms with Gasteiger partial charge in [-0.15, -0.1) is 0 Å². The molecule has 0 atom stereocenters. The molecular weight excluding hydrogens is 200 g/mol. The van der Waals surface area contributed by atoms with Gasteiger partial charge in [0.25, 0.3) is 5.88 Å². The molecule has 0 amide bonds. The fourth-order valence-corrected chi connectivity index (χ4v) is 1.47. The monoisotopic (exact) mass is 212 g/mol. The van der Waals surface area contributed by atoms with E-state index in [1.165, 1.54) is 4.68 Å². The number of rotatable bonds is 3. The van der Waals surface area contributed by atoms with Crippen molar-refractivity contribution >= 4 is 5.69 Å². The molecule has 7 nitrogen and oxygen atoms in total. The van der Waals surface area contributed by atoms with Crippen molar-refractivity contribution in [2.45, 2.75) is 13.0 Å². The van der Waals surface area contributed by atoms with Crippen LogP contribution in [0.4, 0.5) is 5.69 Å². The van der Waals surface area contributed by atoms with Crippen molar-refractivity contribution in [1.82, 2.24) is 15.1 Å². The molecule has 0 aliphatic carbocycles. The maximum Gasteiger partial charge on any atom is 0.353 e. The van der Waals surface area contributed by atoms with Crippen LogP contribution in [0.15, 0.2) is 0 Å². The Hall–Kier alpha value is -1.63. The lowest BCUT2D eigenvalue weighted by Gasteiger charge is -2.27. The summed E-state index contributed by atoms with van der Waals surface area (Å²) in [5, 5.41) is 17.8. The van der Waals surface area contributed by atoms with Crippen LogP contribution in [0.5, 0.6) is 5.88 Å².